The Morgan fingerprint density at radius 3 is 2.20 bits per heavy atom. The molecule has 0 aromatic carbocycles. The number of nitrogens with one attached hydrogen (secondary N) is 1. The zero-order chi connectivity index (χ0) is 11.3. The van der Waals surface area contributed by atoms with Crippen LogP contribution in [-0.2, 0) is 9.59 Å². The zero-order valence-corrected chi connectivity index (χ0v) is 9.56. The lowest BCUT2D eigenvalue weighted by Crippen LogP contribution is -2.22. The van der Waals surface area contributed by atoms with E-state index in [0.717, 1.165) is 19.3 Å². The van der Waals surface area contributed by atoms with Gasteiger partial charge in [0.1, 0.15) is 0 Å². The number of amides is 2. The van der Waals surface area contributed by atoms with Gasteiger partial charge in [0, 0.05) is 11.1 Å². The molecule has 0 saturated heterocycles. The molecule has 0 aromatic rings. The normalized spacial score (nSPS) is 16.1. The maximum absolute atomic E-state index is 11.3. The Morgan fingerprint density at radius 2 is 1.67 bits per heavy atom. The van der Waals surface area contributed by atoms with Crippen molar-refractivity contribution in [1.29, 1.82) is 0 Å². The van der Waals surface area contributed by atoms with Crippen molar-refractivity contribution in [3.05, 3.63) is 11.1 Å². The summed E-state index contributed by atoms with van der Waals surface area (Å²) in [5, 5.41) is 2.32. The SMILES string of the molecule is CCCCCCCC1=C(C)C(=O)NC1=O. The quantitative estimate of drug-likeness (QED) is 0.539. The first-order chi connectivity index (χ1) is 7.16. The van der Waals surface area contributed by atoms with Crippen LogP contribution in [0.1, 0.15) is 52.4 Å². The van der Waals surface area contributed by atoms with Crippen molar-refractivity contribution in [2.75, 3.05) is 0 Å². The molecule has 2 amide bonds. The predicted octanol–water partition coefficient (Wildman–Crippen LogP) is 2.32. The van der Waals surface area contributed by atoms with Crippen molar-refractivity contribution < 1.29 is 9.59 Å². The van der Waals surface area contributed by atoms with E-state index in [1.807, 2.05) is 0 Å². The Hall–Kier alpha value is -1.12. The lowest BCUT2D eigenvalue weighted by atomic mass is 10.0. The largest absolute Gasteiger partial charge is 0.289 e. The molecule has 1 N–H and O–H groups in total. The van der Waals surface area contributed by atoms with E-state index in [1.54, 1.807) is 6.92 Å². The molecule has 0 aliphatic carbocycles. The minimum absolute atomic E-state index is 0.187. The number of carbonyl (C=O) groups excluding carboxylic acids is 2. The maximum atomic E-state index is 11.3. The number of unbranched alkanes of at least 4 members (excludes halogenated alkanes) is 4. The van der Waals surface area contributed by atoms with E-state index < -0.39 is 0 Å². The molecule has 15 heavy (non-hydrogen) atoms. The molecule has 1 rings (SSSR count). The van der Waals surface area contributed by atoms with Gasteiger partial charge in [0.25, 0.3) is 11.8 Å². The molecule has 0 atom stereocenters. The smallest absolute Gasteiger partial charge is 0.254 e. The van der Waals surface area contributed by atoms with E-state index in [2.05, 4.69) is 12.2 Å². The lowest BCUT2D eigenvalue weighted by molar-refractivity contribution is -0.124. The number of hydrogen-bond acceptors (Lipinski definition) is 2. The highest BCUT2D eigenvalue weighted by atomic mass is 16.2. The van der Waals surface area contributed by atoms with Gasteiger partial charge < -0.3 is 0 Å². The van der Waals surface area contributed by atoms with E-state index in [-0.39, 0.29) is 11.8 Å². The molecule has 0 unspecified atom stereocenters. The molecule has 0 bridgehead atoms. The van der Waals surface area contributed by atoms with Crippen LogP contribution >= 0.6 is 0 Å². The summed E-state index contributed by atoms with van der Waals surface area (Å²) in [5.74, 6) is -0.406. The average molecular weight is 209 g/mol. The Bertz CT molecular complexity index is 292. The van der Waals surface area contributed by atoms with E-state index in [4.69, 9.17) is 0 Å². The fraction of sp³-hybridized carbons (Fsp3) is 0.667. The van der Waals surface area contributed by atoms with Crippen LogP contribution in [0.25, 0.3) is 0 Å². The first-order valence-electron chi connectivity index (χ1n) is 5.72. The molecule has 1 aliphatic heterocycles. The molecule has 0 radical (unpaired) electrons. The molecule has 1 aliphatic rings. The Kier molecular flexibility index (Phi) is 4.53. The van der Waals surface area contributed by atoms with Gasteiger partial charge in [0.2, 0.25) is 0 Å². The molecule has 0 saturated carbocycles. The minimum Gasteiger partial charge on any atom is -0.289 e. The molecule has 0 spiro atoms. The minimum atomic E-state index is -0.219. The monoisotopic (exact) mass is 209 g/mol. The highest BCUT2D eigenvalue weighted by Gasteiger charge is 2.25. The van der Waals surface area contributed by atoms with Crippen molar-refractivity contribution >= 4 is 11.8 Å². The van der Waals surface area contributed by atoms with Crippen LogP contribution in [0.15, 0.2) is 11.1 Å². The van der Waals surface area contributed by atoms with Crippen LogP contribution in [0.3, 0.4) is 0 Å². The standard InChI is InChI=1S/C12H19NO2/c1-3-4-5-6-7-8-10-9(2)11(14)13-12(10)15/h3-8H2,1-2H3,(H,13,14,15). The summed E-state index contributed by atoms with van der Waals surface area (Å²) in [7, 11) is 0. The fourth-order valence-corrected chi connectivity index (χ4v) is 1.79. The summed E-state index contributed by atoms with van der Waals surface area (Å²) in [4.78, 5) is 22.5. The second-order valence-corrected chi connectivity index (χ2v) is 4.05. The molecule has 84 valence electrons. The van der Waals surface area contributed by atoms with Crippen LogP contribution in [0.2, 0.25) is 0 Å². The molecule has 0 aromatic heterocycles. The van der Waals surface area contributed by atoms with Gasteiger partial charge in [0.05, 0.1) is 0 Å². The summed E-state index contributed by atoms with van der Waals surface area (Å²) >= 11 is 0. The summed E-state index contributed by atoms with van der Waals surface area (Å²) in [6, 6.07) is 0. The Balaban J connectivity index is 2.32. The summed E-state index contributed by atoms with van der Waals surface area (Å²) < 4.78 is 0. The van der Waals surface area contributed by atoms with Gasteiger partial charge in [-0.2, -0.15) is 0 Å². The summed E-state index contributed by atoms with van der Waals surface area (Å²) in [5.41, 5.74) is 1.30. The van der Waals surface area contributed by atoms with Crippen LogP contribution in [-0.4, -0.2) is 11.8 Å². The van der Waals surface area contributed by atoms with Crippen LogP contribution in [0.5, 0.6) is 0 Å². The second kappa shape index (κ2) is 5.69. The zero-order valence-electron chi connectivity index (χ0n) is 9.56. The van der Waals surface area contributed by atoms with E-state index in [0.29, 0.717) is 11.1 Å². The predicted molar refractivity (Wildman–Crippen MR) is 59.2 cm³/mol. The Morgan fingerprint density at radius 1 is 1.00 bits per heavy atom. The van der Waals surface area contributed by atoms with Crippen LogP contribution in [0, 0.1) is 0 Å². The van der Waals surface area contributed by atoms with Crippen molar-refractivity contribution in [1.82, 2.24) is 5.32 Å². The molecule has 1 heterocycles. The van der Waals surface area contributed by atoms with Gasteiger partial charge in [-0.1, -0.05) is 32.6 Å². The summed E-state index contributed by atoms with van der Waals surface area (Å²) in [6.07, 6.45) is 6.59. The highest BCUT2D eigenvalue weighted by Crippen LogP contribution is 2.19. The third-order valence-electron chi connectivity index (χ3n) is 2.82. The topological polar surface area (TPSA) is 46.2 Å². The average Bonchev–Trinajstić information content (AvgIpc) is 2.44. The van der Waals surface area contributed by atoms with Gasteiger partial charge >= 0.3 is 0 Å². The molecule has 3 heteroatoms. The van der Waals surface area contributed by atoms with Crippen LogP contribution < -0.4 is 5.32 Å². The van der Waals surface area contributed by atoms with Crippen molar-refractivity contribution in [2.45, 2.75) is 52.4 Å². The van der Waals surface area contributed by atoms with Crippen LogP contribution in [0.4, 0.5) is 0 Å². The lowest BCUT2D eigenvalue weighted by Gasteiger charge is -2.01. The third-order valence-corrected chi connectivity index (χ3v) is 2.82. The molecule has 3 nitrogen and oxygen atoms in total. The second-order valence-electron chi connectivity index (χ2n) is 4.05. The van der Waals surface area contributed by atoms with Gasteiger partial charge in [-0.05, 0) is 19.8 Å². The maximum Gasteiger partial charge on any atom is 0.254 e. The number of imide groups is 1. The van der Waals surface area contributed by atoms with Gasteiger partial charge in [-0.15, -0.1) is 0 Å². The third kappa shape index (κ3) is 3.18. The molecular formula is C12H19NO2. The van der Waals surface area contributed by atoms with Gasteiger partial charge in [0.15, 0.2) is 0 Å². The van der Waals surface area contributed by atoms with Gasteiger partial charge in [-0.3, -0.25) is 14.9 Å². The van der Waals surface area contributed by atoms with Crippen molar-refractivity contribution in [3.63, 3.8) is 0 Å². The van der Waals surface area contributed by atoms with Crippen molar-refractivity contribution in [3.8, 4) is 0 Å². The first kappa shape index (κ1) is 12.0. The van der Waals surface area contributed by atoms with E-state index in [9.17, 15) is 9.59 Å². The molecule has 0 fully saturated rings. The van der Waals surface area contributed by atoms with E-state index >= 15 is 0 Å². The fourth-order valence-electron chi connectivity index (χ4n) is 1.79. The molecular weight excluding hydrogens is 190 g/mol. The van der Waals surface area contributed by atoms with Gasteiger partial charge in [-0.25, -0.2) is 0 Å². The number of hydrogen-bond donors (Lipinski definition) is 1. The van der Waals surface area contributed by atoms with Crippen molar-refractivity contribution in [2.24, 2.45) is 0 Å². The number of rotatable bonds is 6. The van der Waals surface area contributed by atoms with E-state index in [1.165, 1.54) is 19.3 Å². The first-order valence-corrected chi connectivity index (χ1v) is 5.72. The highest BCUT2D eigenvalue weighted by molar-refractivity contribution is 6.19. The summed E-state index contributed by atoms with van der Waals surface area (Å²) in [6.45, 7) is 3.90. The Labute approximate surface area is 90.9 Å². The number of carbonyl (C=O) groups is 2.